The van der Waals surface area contributed by atoms with Crippen LogP contribution >= 0.6 is 11.3 Å². The lowest BCUT2D eigenvalue weighted by atomic mass is 9.82. The highest BCUT2D eigenvalue weighted by molar-refractivity contribution is 7.11. The van der Waals surface area contributed by atoms with Crippen LogP contribution in [-0.4, -0.2) is 51.4 Å². The molecule has 3 heterocycles. The summed E-state index contributed by atoms with van der Waals surface area (Å²) >= 11 is 1.63. The van der Waals surface area contributed by atoms with E-state index in [1.807, 2.05) is 38.1 Å². The summed E-state index contributed by atoms with van der Waals surface area (Å²) in [7, 11) is 0. The largest absolute Gasteiger partial charge is 0.493 e. The van der Waals surface area contributed by atoms with Crippen molar-refractivity contribution in [3.63, 3.8) is 0 Å². The zero-order valence-corrected chi connectivity index (χ0v) is 31.5. The lowest BCUT2D eigenvalue weighted by molar-refractivity contribution is -0.136. The molecule has 8 nitrogen and oxygen atoms in total. The number of aromatic nitrogens is 2. The van der Waals surface area contributed by atoms with Crippen LogP contribution in [-0.2, 0) is 35.6 Å². The van der Waals surface area contributed by atoms with Gasteiger partial charge in [0, 0.05) is 41.2 Å². The van der Waals surface area contributed by atoms with Gasteiger partial charge in [0.15, 0.2) is 0 Å². The molecule has 5 rings (SSSR count). The molecule has 1 fully saturated rings. The first-order chi connectivity index (χ1) is 23.5. The maximum atomic E-state index is 13.3. The van der Waals surface area contributed by atoms with Gasteiger partial charge < -0.3 is 24.6 Å². The summed E-state index contributed by atoms with van der Waals surface area (Å²) in [5.74, 6) is -0.411. The molecule has 0 unspecified atom stereocenters. The van der Waals surface area contributed by atoms with Gasteiger partial charge in [-0.1, -0.05) is 38.1 Å². The predicted molar refractivity (Wildman–Crippen MR) is 199 cm³/mol. The van der Waals surface area contributed by atoms with Gasteiger partial charge in [0.1, 0.15) is 16.6 Å². The van der Waals surface area contributed by atoms with Gasteiger partial charge in [-0.05, 0) is 95.2 Å². The SMILES string of the molecule is CC(C)(C)O.Cc1nc(COCc2nc(C)c(CC(=O)O)c(N3CCC(C)(C)CC3)c2-c2ccc(OCCc3ccc(F)cc3)cc2)sc1C. The minimum atomic E-state index is -0.882. The molecule has 0 spiro atoms. The minimum absolute atomic E-state index is 0.107. The molecular formula is C40H52FN3O5S. The number of benzene rings is 2. The van der Waals surface area contributed by atoms with Gasteiger partial charge in [-0.25, -0.2) is 9.37 Å². The second-order valence-electron chi connectivity index (χ2n) is 14.7. The molecule has 0 saturated carbocycles. The summed E-state index contributed by atoms with van der Waals surface area (Å²) < 4.78 is 25.5. The molecule has 270 valence electrons. The zero-order valence-electron chi connectivity index (χ0n) is 30.7. The Morgan fingerprint density at radius 3 is 2.14 bits per heavy atom. The number of thiazole rings is 1. The number of piperidine rings is 1. The van der Waals surface area contributed by atoms with Crippen molar-refractivity contribution in [3.05, 3.63) is 92.4 Å². The third kappa shape index (κ3) is 11.6. The maximum Gasteiger partial charge on any atom is 0.307 e. The Hall–Kier alpha value is -3.86. The Kier molecular flexibility index (Phi) is 13.2. The molecule has 2 aromatic heterocycles. The molecule has 1 saturated heterocycles. The summed E-state index contributed by atoms with van der Waals surface area (Å²) in [6.45, 7) is 18.5. The van der Waals surface area contributed by atoms with Crippen molar-refractivity contribution in [3.8, 4) is 16.9 Å². The van der Waals surface area contributed by atoms with Crippen LogP contribution in [0.3, 0.4) is 0 Å². The molecule has 1 aliphatic rings. The van der Waals surface area contributed by atoms with E-state index in [2.05, 4.69) is 30.7 Å². The van der Waals surface area contributed by atoms with E-state index in [9.17, 15) is 14.3 Å². The van der Waals surface area contributed by atoms with Crippen molar-refractivity contribution < 1.29 is 28.9 Å². The van der Waals surface area contributed by atoms with Gasteiger partial charge in [0.05, 0.1) is 48.9 Å². The fraction of sp³-hybridized carbons (Fsp3) is 0.475. The van der Waals surface area contributed by atoms with E-state index in [-0.39, 0.29) is 24.3 Å². The number of pyridine rings is 1. The molecule has 10 heteroatoms. The van der Waals surface area contributed by atoms with Crippen LogP contribution in [0.2, 0.25) is 0 Å². The first kappa shape index (κ1) is 38.9. The molecule has 0 atom stereocenters. The molecule has 2 N–H and O–H groups in total. The van der Waals surface area contributed by atoms with Crippen molar-refractivity contribution in [1.82, 2.24) is 9.97 Å². The van der Waals surface area contributed by atoms with Crippen molar-refractivity contribution in [2.75, 3.05) is 24.6 Å². The van der Waals surface area contributed by atoms with Crippen molar-refractivity contribution in [2.45, 2.75) is 99.9 Å². The summed E-state index contributed by atoms with van der Waals surface area (Å²) in [6.07, 6.45) is 2.58. The number of carboxylic acid groups (broad SMARTS) is 1. The fourth-order valence-corrected chi connectivity index (χ4v) is 6.60. The summed E-state index contributed by atoms with van der Waals surface area (Å²) in [5.41, 5.74) is 6.75. The van der Waals surface area contributed by atoms with Gasteiger partial charge in [-0.2, -0.15) is 0 Å². The number of aliphatic hydroxyl groups is 1. The number of carboxylic acids is 1. The quantitative estimate of drug-likeness (QED) is 0.151. The van der Waals surface area contributed by atoms with Crippen LogP contribution in [0.15, 0.2) is 48.5 Å². The summed E-state index contributed by atoms with van der Waals surface area (Å²) in [6, 6.07) is 14.3. The van der Waals surface area contributed by atoms with Crippen molar-refractivity contribution in [1.29, 1.82) is 0 Å². The number of aliphatic carboxylic acids is 1. The van der Waals surface area contributed by atoms with Crippen LogP contribution in [0.1, 0.15) is 85.6 Å². The van der Waals surface area contributed by atoms with Gasteiger partial charge in [0.25, 0.3) is 0 Å². The predicted octanol–water partition coefficient (Wildman–Crippen LogP) is 8.64. The molecule has 0 bridgehead atoms. The zero-order chi connectivity index (χ0) is 36.6. The van der Waals surface area contributed by atoms with E-state index in [1.54, 1.807) is 44.2 Å². The van der Waals surface area contributed by atoms with Gasteiger partial charge in [-0.15, -0.1) is 11.3 Å². The van der Waals surface area contributed by atoms with Gasteiger partial charge in [-0.3, -0.25) is 9.78 Å². The molecule has 50 heavy (non-hydrogen) atoms. The van der Waals surface area contributed by atoms with E-state index in [0.717, 1.165) is 76.0 Å². The average Bonchev–Trinajstić information content (AvgIpc) is 3.35. The molecule has 1 aliphatic heterocycles. The summed E-state index contributed by atoms with van der Waals surface area (Å²) in [4.78, 5) is 25.2. The number of hydrogen-bond acceptors (Lipinski definition) is 8. The topological polar surface area (TPSA) is 105 Å². The van der Waals surface area contributed by atoms with Crippen LogP contribution in [0.4, 0.5) is 10.1 Å². The van der Waals surface area contributed by atoms with E-state index in [0.29, 0.717) is 25.3 Å². The smallest absolute Gasteiger partial charge is 0.307 e. The highest BCUT2D eigenvalue weighted by Crippen LogP contribution is 2.42. The first-order valence-electron chi connectivity index (χ1n) is 17.2. The number of hydrogen-bond donors (Lipinski definition) is 2. The van der Waals surface area contributed by atoms with Crippen molar-refractivity contribution in [2.24, 2.45) is 5.41 Å². The first-order valence-corrected chi connectivity index (χ1v) is 18.0. The Morgan fingerprint density at radius 1 is 0.960 bits per heavy atom. The molecule has 2 aromatic carbocycles. The van der Waals surface area contributed by atoms with Gasteiger partial charge >= 0.3 is 5.97 Å². The van der Waals surface area contributed by atoms with E-state index in [1.165, 1.54) is 17.0 Å². The third-order valence-corrected chi connectivity index (χ3v) is 9.61. The highest BCUT2D eigenvalue weighted by Gasteiger charge is 2.31. The fourth-order valence-electron chi connectivity index (χ4n) is 5.73. The Bertz CT molecular complexity index is 1690. The number of carbonyl (C=O) groups is 1. The molecule has 0 aliphatic carbocycles. The van der Waals surface area contributed by atoms with E-state index >= 15 is 0 Å². The second-order valence-corrected chi connectivity index (χ2v) is 16.0. The molecule has 0 amide bonds. The van der Waals surface area contributed by atoms with Gasteiger partial charge in [0.2, 0.25) is 0 Å². The Balaban J connectivity index is 0.00000105. The molecule has 4 aromatic rings. The number of ether oxygens (including phenoxy) is 2. The normalized spacial score (nSPS) is 14.2. The Labute approximate surface area is 300 Å². The standard InChI is InChI=1S/C36H42FN3O4S.C4H10O/c1-23-25(3)45-32(39-23)22-43-21-31-34(27-8-12-29(13-9-27)44-19-14-26-6-10-28(37)11-7-26)35(30(20-33(41)42)24(2)38-31)40-17-15-36(4,5)16-18-40;1-4(2,3)5/h6-13H,14-22H2,1-5H3,(H,41,42);5H,1-3H3. The van der Waals surface area contributed by atoms with E-state index < -0.39 is 11.6 Å². The highest BCUT2D eigenvalue weighted by atomic mass is 32.1. The second kappa shape index (κ2) is 16.9. The average molecular weight is 706 g/mol. The number of aryl methyl sites for hydroxylation is 3. The van der Waals surface area contributed by atoms with Crippen molar-refractivity contribution >= 4 is 23.0 Å². The van der Waals surface area contributed by atoms with Crippen LogP contribution < -0.4 is 9.64 Å². The monoisotopic (exact) mass is 705 g/mol. The summed E-state index contributed by atoms with van der Waals surface area (Å²) in [5, 5.41) is 19.4. The van der Waals surface area contributed by atoms with E-state index in [4.69, 9.17) is 19.6 Å². The van der Waals surface area contributed by atoms with Crippen LogP contribution in [0.25, 0.3) is 11.1 Å². The number of nitrogens with zero attached hydrogens (tertiary/aromatic N) is 3. The minimum Gasteiger partial charge on any atom is -0.493 e. The molecule has 0 radical (unpaired) electrons. The number of anilines is 1. The van der Waals surface area contributed by atoms with Crippen LogP contribution in [0.5, 0.6) is 5.75 Å². The lowest BCUT2D eigenvalue weighted by Gasteiger charge is -2.40. The number of rotatable bonds is 12. The third-order valence-electron chi connectivity index (χ3n) is 8.56. The number of halogens is 1. The molecular weight excluding hydrogens is 654 g/mol. The lowest BCUT2D eigenvalue weighted by Crippen LogP contribution is -2.38. The Morgan fingerprint density at radius 2 is 1.58 bits per heavy atom. The van der Waals surface area contributed by atoms with Crippen LogP contribution in [0, 0.1) is 32.0 Å². The maximum absolute atomic E-state index is 13.3.